The van der Waals surface area contributed by atoms with Crippen molar-refractivity contribution < 1.29 is 18.3 Å². The summed E-state index contributed by atoms with van der Waals surface area (Å²) in [6.45, 7) is 3.18. The van der Waals surface area contributed by atoms with Crippen molar-refractivity contribution in [3.8, 4) is 5.75 Å². The first-order valence-corrected chi connectivity index (χ1v) is 11.2. The van der Waals surface area contributed by atoms with Gasteiger partial charge >= 0.3 is 6.03 Å². The second kappa shape index (κ2) is 8.84. The van der Waals surface area contributed by atoms with Crippen molar-refractivity contribution in [2.45, 2.75) is 31.9 Å². The molecule has 0 spiro atoms. The molecule has 1 aliphatic heterocycles. The van der Waals surface area contributed by atoms with Gasteiger partial charge in [-0.15, -0.1) is 0 Å². The van der Waals surface area contributed by atoms with Crippen LogP contribution in [0.5, 0.6) is 5.75 Å². The maximum Gasteiger partial charge on any atom is 0.321 e. The SMILES string of the molecule is Cc1nccn1[C@H]1C[C@H]2CN(C(=O)Nc3ccc(F)cc3)C[C@H]2C[C@@H]1Oc1ccccc1F. The molecular weight excluding hydrogens is 426 g/mol. The number of halogens is 2. The molecule has 5 rings (SSSR count). The molecule has 8 heteroatoms. The Bertz CT molecular complexity index is 1130. The minimum Gasteiger partial charge on any atom is -0.485 e. The van der Waals surface area contributed by atoms with E-state index in [9.17, 15) is 13.6 Å². The first-order valence-electron chi connectivity index (χ1n) is 11.2. The fourth-order valence-corrected chi connectivity index (χ4v) is 5.15. The Morgan fingerprint density at radius 3 is 2.48 bits per heavy atom. The van der Waals surface area contributed by atoms with Crippen LogP contribution in [0.25, 0.3) is 0 Å². The largest absolute Gasteiger partial charge is 0.485 e. The van der Waals surface area contributed by atoms with Crippen LogP contribution in [0.15, 0.2) is 60.9 Å². The number of hydrogen-bond donors (Lipinski definition) is 1. The summed E-state index contributed by atoms with van der Waals surface area (Å²) in [5.41, 5.74) is 0.559. The first kappa shape index (κ1) is 21.4. The number of aryl methyl sites for hydroxylation is 1. The number of carbonyl (C=O) groups is 1. The molecule has 2 heterocycles. The molecule has 2 aliphatic rings. The van der Waals surface area contributed by atoms with Crippen LogP contribution in [0, 0.1) is 30.4 Å². The predicted molar refractivity (Wildman–Crippen MR) is 120 cm³/mol. The molecule has 0 radical (unpaired) electrons. The zero-order chi connectivity index (χ0) is 22.9. The minimum absolute atomic E-state index is 0.00605. The second-order valence-corrected chi connectivity index (χ2v) is 8.87. The average Bonchev–Trinajstić information content (AvgIpc) is 3.42. The zero-order valence-electron chi connectivity index (χ0n) is 18.3. The van der Waals surface area contributed by atoms with Gasteiger partial charge in [0.25, 0.3) is 0 Å². The number of para-hydroxylation sites is 1. The smallest absolute Gasteiger partial charge is 0.321 e. The van der Waals surface area contributed by atoms with Crippen LogP contribution in [0.3, 0.4) is 0 Å². The van der Waals surface area contributed by atoms with Crippen LogP contribution >= 0.6 is 0 Å². The van der Waals surface area contributed by atoms with E-state index in [2.05, 4.69) is 14.9 Å². The van der Waals surface area contributed by atoms with E-state index < -0.39 is 0 Å². The Hall–Kier alpha value is -3.42. The molecule has 33 heavy (non-hydrogen) atoms. The summed E-state index contributed by atoms with van der Waals surface area (Å²) < 4.78 is 35.8. The fraction of sp³-hybridized carbons (Fsp3) is 0.360. The third-order valence-corrected chi connectivity index (χ3v) is 6.80. The molecule has 1 aliphatic carbocycles. The first-order chi connectivity index (χ1) is 16.0. The lowest BCUT2D eigenvalue weighted by Gasteiger charge is -2.39. The molecule has 6 nitrogen and oxygen atoms in total. The normalized spacial score (nSPS) is 24.4. The number of nitrogens with zero attached hydrogens (tertiary/aromatic N) is 3. The number of ether oxygens (including phenoxy) is 1. The zero-order valence-corrected chi connectivity index (χ0v) is 18.3. The third kappa shape index (κ3) is 4.42. The highest BCUT2D eigenvalue weighted by Gasteiger charge is 2.45. The lowest BCUT2D eigenvalue weighted by atomic mass is 9.77. The number of likely N-dealkylation sites (tertiary alicyclic amines) is 1. The van der Waals surface area contributed by atoms with E-state index in [4.69, 9.17) is 4.74 Å². The third-order valence-electron chi connectivity index (χ3n) is 6.80. The summed E-state index contributed by atoms with van der Waals surface area (Å²) >= 11 is 0. The number of nitrogens with one attached hydrogen (secondary N) is 1. The second-order valence-electron chi connectivity index (χ2n) is 8.87. The van der Waals surface area contributed by atoms with Gasteiger partial charge in [0.2, 0.25) is 0 Å². The number of fused-ring (bicyclic) bond motifs is 1. The van der Waals surface area contributed by atoms with E-state index in [1.807, 2.05) is 18.0 Å². The van der Waals surface area contributed by atoms with E-state index >= 15 is 0 Å². The Balaban J connectivity index is 1.33. The fourth-order valence-electron chi connectivity index (χ4n) is 5.15. The molecule has 1 saturated heterocycles. The summed E-state index contributed by atoms with van der Waals surface area (Å²) in [4.78, 5) is 19.0. The van der Waals surface area contributed by atoms with E-state index in [-0.39, 0.29) is 41.5 Å². The number of benzene rings is 2. The van der Waals surface area contributed by atoms with Crippen molar-refractivity contribution in [2.75, 3.05) is 18.4 Å². The van der Waals surface area contributed by atoms with Crippen LogP contribution in [0.4, 0.5) is 19.3 Å². The van der Waals surface area contributed by atoms with E-state index in [1.165, 1.54) is 18.2 Å². The average molecular weight is 453 g/mol. The molecule has 2 amide bonds. The molecule has 1 saturated carbocycles. The Morgan fingerprint density at radius 1 is 1.06 bits per heavy atom. The van der Waals surface area contributed by atoms with Gasteiger partial charge in [0, 0.05) is 31.2 Å². The van der Waals surface area contributed by atoms with Gasteiger partial charge in [0.05, 0.1) is 6.04 Å². The van der Waals surface area contributed by atoms with Crippen molar-refractivity contribution >= 4 is 11.7 Å². The molecule has 3 aromatic rings. The van der Waals surface area contributed by atoms with Crippen LogP contribution in [-0.4, -0.2) is 39.7 Å². The van der Waals surface area contributed by atoms with Gasteiger partial charge in [0.15, 0.2) is 11.6 Å². The molecule has 1 aromatic heterocycles. The number of imidazole rings is 1. The maximum absolute atomic E-state index is 14.3. The van der Waals surface area contributed by atoms with Crippen molar-refractivity contribution in [3.05, 3.63) is 78.4 Å². The summed E-state index contributed by atoms with van der Waals surface area (Å²) in [6, 6.07) is 12.0. The summed E-state index contributed by atoms with van der Waals surface area (Å²) in [5.74, 6) is 0.948. The Morgan fingerprint density at radius 2 is 1.79 bits per heavy atom. The van der Waals surface area contributed by atoms with Gasteiger partial charge in [0.1, 0.15) is 17.7 Å². The van der Waals surface area contributed by atoms with Gasteiger partial charge < -0.3 is 19.5 Å². The topological polar surface area (TPSA) is 59.4 Å². The summed E-state index contributed by atoms with van der Waals surface area (Å²) in [5, 5.41) is 2.85. The molecule has 2 aromatic carbocycles. The highest BCUT2D eigenvalue weighted by atomic mass is 19.1. The van der Waals surface area contributed by atoms with E-state index in [0.717, 1.165) is 12.2 Å². The van der Waals surface area contributed by atoms with Crippen molar-refractivity contribution in [2.24, 2.45) is 11.8 Å². The standard InChI is InChI=1S/C25H26F2N4O2/c1-16-28-10-11-31(16)22-12-17-14-30(25(32)29-20-8-6-19(26)7-9-20)15-18(17)13-24(22)33-23-5-3-2-4-21(23)27/h2-11,17-18,22,24H,12-15H2,1H3,(H,29,32)/t17-,18+,22-,24-/m0/s1. The molecule has 0 bridgehead atoms. The molecule has 4 atom stereocenters. The number of rotatable bonds is 4. The number of carbonyl (C=O) groups excluding carboxylic acids is 1. The number of hydrogen-bond acceptors (Lipinski definition) is 3. The number of urea groups is 1. The van der Waals surface area contributed by atoms with Crippen LogP contribution in [0.2, 0.25) is 0 Å². The van der Waals surface area contributed by atoms with Crippen LogP contribution < -0.4 is 10.1 Å². The van der Waals surface area contributed by atoms with Crippen LogP contribution in [0.1, 0.15) is 24.7 Å². The van der Waals surface area contributed by atoms with Gasteiger partial charge in [-0.05, 0) is 68.0 Å². The Labute approximate surface area is 191 Å². The monoisotopic (exact) mass is 452 g/mol. The van der Waals surface area contributed by atoms with Gasteiger partial charge in [-0.1, -0.05) is 12.1 Å². The van der Waals surface area contributed by atoms with Crippen molar-refractivity contribution in [1.82, 2.24) is 14.5 Å². The number of amides is 2. The molecule has 1 N–H and O–H groups in total. The molecular formula is C25H26F2N4O2. The lowest BCUT2D eigenvalue weighted by molar-refractivity contribution is 0.0509. The maximum atomic E-state index is 14.3. The van der Waals surface area contributed by atoms with E-state index in [1.54, 1.807) is 36.5 Å². The number of aromatic nitrogens is 2. The van der Waals surface area contributed by atoms with Crippen molar-refractivity contribution in [1.29, 1.82) is 0 Å². The quantitative estimate of drug-likeness (QED) is 0.604. The Kier molecular flexibility index (Phi) is 5.74. The van der Waals surface area contributed by atoms with Gasteiger partial charge in [-0.3, -0.25) is 0 Å². The van der Waals surface area contributed by atoms with Crippen molar-refractivity contribution in [3.63, 3.8) is 0 Å². The molecule has 0 unspecified atom stereocenters. The van der Waals surface area contributed by atoms with Gasteiger partial charge in [-0.25, -0.2) is 18.6 Å². The van der Waals surface area contributed by atoms with Gasteiger partial charge in [-0.2, -0.15) is 0 Å². The summed E-state index contributed by atoms with van der Waals surface area (Å²) in [7, 11) is 0. The van der Waals surface area contributed by atoms with E-state index in [0.29, 0.717) is 31.1 Å². The predicted octanol–water partition coefficient (Wildman–Crippen LogP) is 5.03. The molecule has 172 valence electrons. The highest BCUT2D eigenvalue weighted by Crippen LogP contribution is 2.43. The molecule has 2 fully saturated rings. The highest BCUT2D eigenvalue weighted by molar-refractivity contribution is 5.89. The lowest BCUT2D eigenvalue weighted by Crippen LogP contribution is -2.40. The minimum atomic E-state index is -0.382. The number of anilines is 1. The van der Waals surface area contributed by atoms with Crippen LogP contribution in [-0.2, 0) is 0 Å². The summed E-state index contributed by atoms with van der Waals surface area (Å²) in [6.07, 6.45) is 4.98.